The van der Waals surface area contributed by atoms with Crippen LogP contribution in [0, 0.1) is 23.7 Å². The SMILES string of the molecule is CCCCC1CCC2NC(N3CCCC3C(=O)O)CC(C3CCCCC3)C2C1. The van der Waals surface area contributed by atoms with Gasteiger partial charge in [-0.3, -0.25) is 15.0 Å². The van der Waals surface area contributed by atoms with Crippen molar-refractivity contribution in [3.8, 4) is 0 Å². The van der Waals surface area contributed by atoms with Gasteiger partial charge in [-0.05, 0) is 62.2 Å². The van der Waals surface area contributed by atoms with Crippen molar-refractivity contribution in [2.45, 2.75) is 115 Å². The van der Waals surface area contributed by atoms with E-state index in [9.17, 15) is 9.90 Å². The lowest BCUT2D eigenvalue weighted by atomic mass is 9.62. The van der Waals surface area contributed by atoms with E-state index in [0.29, 0.717) is 12.2 Å². The van der Waals surface area contributed by atoms with Crippen molar-refractivity contribution in [3.05, 3.63) is 0 Å². The van der Waals surface area contributed by atoms with Gasteiger partial charge < -0.3 is 5.11 Å². The molecule has 4 heteroatoms. The molecule has 4 rings (SSSR count). The predicted molar refractivity (Wildman–Crippen MR) is 113 cm³/mol. The maximum Gasteiger partial charge on any atom is 0.320 e. The van der Waals surface area contributed by atoms with Crippen molar-refractivity contribution >= 4 is 5.97 Å². The number of fused-ring (bicyclic) bond motifs is 1. The molecule has 2 saturated carbocycles. The summed E-state index contributed by atoms with van der Waals surface area (Å²) in [5.74, 6) is 2.86. The summed E-state index contributed by atoms with van der Waals surface area (Å²) < 4.78 is 0. The fourth-order valence-electron chi connectivity index (χ4n) is 7.24. The molecule has 0 aromatic carbocycles. The Bertz CT molecular complexity index is 519. The Morgan fingerprint density at radius 3 is 2.57 bits per heavy atom. The van der Waals surface area contributed by atoms with Gasteiger partial charge in [0.1, 0.15) is 6.04 Å². The van der Waals surface area contributed by atoms with Gasteiger partial charge >= 0.3 is 5.97 Å². The van der Waals surface area contributed by atoms with E-state index in [1.54, 1.807) is 0 Å². The van der Waals surface area contributed by atoms with E-state index in [2.05, 4.69) is 17.1 Å². The molecule has 0 aromatic rings. The van der Waals surface area contributed by atoms with Gasteiger partial charge in [0, 0.05) is 12.6 Å². The van der Waals surface area contributed by atoms with Gasteiger partial charge in [-0.2, -0.15) is 0 Å². The molecule has 2 aliphatic carbocycles. The molecule has 4 fully saturated rings. The van der Waals surface area contributed by atoms with E-state index < -0.39 is 5.97 Å². The van der Waals surface area contributed by atoms with E-state index in [-0.39, 0.29) is 6.04 Å². The van der Waals surface area contributed by atoms with Crippen LogP contribution in [0.5, 0.6) is 0 Å². The zero-order valence-electron chi connectivity index (χ0n) is 18.0. The molecule has 28 heavy (non-hydrogen) atoms. The van der Waals surface area contributed by atoms with Crippen molar-refractivity contribution in [2.24, 2.45) is 23.7 Å². The van der Waals surface area contributed by atoms with Gasteiger partial charge in [0.05, 0.1) is 6.17 Å². The Kier molecular flexibility index (Phi) is 6.98. The first-order valence-corrected chi connectivity index (χ1v) is 12.4. The fraction of sp³-hybridized carbons (Fsp3) is 0.958. The first kappa shape index (κ1) is 20.7. The highest BCUT2D eigenvalue weighted by molar-refractivity contribution is 5.73. The Morgan fingerprint density at radius 2 is 1.82 bits per heavy atom. The highest BCUT2D eigenvalue weighted by atomic mass is 16.4. The van der Waals surface area contributed by atoms with Crippen LogP contribution in [0.15, 0.2) is 0 Å². The monoisotopic (exact) mass is 390 g/mol. The molecular formula is C24H42N2O2. The molecule has 6 unspecified atom stereocenters. The molecule has 2 saturated heterocycles. The smallest absolute Gasteiger partial charge is 0.320 e. The van der Waals surface area contributed by atoms with Crippen molar-refractivity contribution < 1.29 is 9.90 Å². The predicted octanol–water partition coefficient (Wildman–Crippen LogP) is 5.03. The minimum Gasteiger partial charge on any atom is -0.480 e. The van der Waals surface area contributed by atoms with E-state index in [1.165, 1.54) is 77.0 Å². The van der Waals surface area contributed by atoms with Crippen LogP contribution in [0.2, 0.25) is 0 Å². The van der Waals surface area contributed by atoms with Crippen molar-refractivity contribution in [1.82, 2.24) is 10.2 Å². The van der Waals surface area contributed by atoms with Crippen LogP contribution in [-0.2, 0) is 4.79 Å². The summed E-state index contributed by atoms with van der Waals surface area (Å²) in [7, 11) is 0. The lowest BCUT2D eigenvalue weighted by Crippen LogP contribution is -2.62. The van der Waals surface area contributed by atoms with Crippen LogP contribution in [0.3, 0.4) is 0 Å². The maximum atomic E-state index is 11.8. The van der Waals surface area contributed by atoms with Gasteiger partial charge in [0.25, 0.3) is 0 Å². The first-order valence-electron chi connectivity index (χ1n) is 12.4. The zero-order chi connectivity index (χ0) is 19.5. The molecule has 0 radical (unpaired) electrons. The third-order valence-corrected chi connectivity index (χ3v) is 8.66. The van der Waals surface area contributed by atoms with Gasteiger partial charge in [-0.25, -0.2) is 0 Å². The highest BCUT2D eigenvalue weighted by Crippen LogP contribution is 2.47. The standard InChI is InChI=1S/C24H42N2O2/c1-2-3-8-17-12-13-21-20(15-17)19(18-9-5-4-6-10-18)16-23(25-21)26-14-7-11-22(26)24(27)28/h17-23,25H,2-16H2,1H3,(H,27,28). The number of carboxylic acid groups (broad SMARTS) is 1. The van der Waals surface area contributed by atoms with Crippen LogP contribution >= 0.6 is 0 Å². The number of carbonyl (C=O) groups is 1. The van der Waals surface area contributed by atoms with Crippen LogP contribution < -0.4 is 5.32 Å². The Hall–Kier alpha value is -0.610. The van der Waals surface area contributed by atoms with E-state index >= 15 is 0 Å². The summed E-state index contributed by atoms with van der Waals surface area (Å²) in [6.07, 6.45) is 18.7. The van der Waals surface area contributed by atoms with Gasteiger partial charge in [-0.1, -0.05) is 58.3 Å². The summed E-state index contributed by atoms with van der Waals surface area (Å²) in [4.78, 5) is 14.1. The normalized spacial score (nSPS) is 40.3. The molecule has 0 bridgehead atoms. The first-order chi connectivity index (χ1) is 13.7. The molecule has 0 aromatic heterocycles. The fourth-order valence-corrected chi connectivity index (χ4v) is 7.24. The molecule has 2 aliphatic heterocycles. The third-order valence-electron chi connectivity index (χ3n) is 8.66. The lowest BCUT2D eigenvalue weighted by molar-refractivity contribution is -0.144. The number of hydrogen-bond acceptors (Lipinski definition) is 3. The zero-order valence-corrected chi connectivity index (χ0v) is 18.0. The number of likely N-dealkylation sites (tertiary alicyclic amines) is 1. The van der Waals surface area contributed by atoms with Gasteiger partial charge in [0.15, 0.2) is 0 Å². The summed E-state index contributed by atoms with van der Waals surface area (Å²) in [6, 6.07) is 0.362. The molecule has 0 spiro atoms. The average molecular weight is 391 g/mol. The average Bonchev–Trinajstić information content (AvgIpc) is 3.22. The molecular weight excluding hydrogens is 348 g/mol. The van der Waals surface area contributed by atoms with Crippen LogP contribution in [0.1, 0.15) is 96.8 Å². The highest BCUT2D eigenvalue weighted by Gasteiger charge is 2.47. The van der Waals surface area contributed by atoms with Crippen LogP contribution in [0.4, 0.5) is 0 Å². The van der Waals surface area contributed by atoms with E-state index in [0.717, 1.165) is 43.1 Å². The molecule has 4 nitrogen and oxygen atoms in total. The third kappa shape index (κ3) is 4.43. The van der Waals surface area contributed by atoms with E-state index in [1.807, 2.05) is 0 Å². The van der Waals surface area contributed by atoms with Gasteiger partial charge in [0.2, 0.25) is 0 Å². The number of nitrogens with zero attached hydrogens (tertiary/aromatic N) is 1. The second-order valence-electron chi connectivity index (χ2n) is 10.3. The van der Waals surface area contributed by atoms with Crippen molar-refractivity contribution in [3.63, 3.8) is 0 Å². The summed E-state index contributed by atoms with van der Waals surface area (Å²) in [5.41, 5.74) is 0. The minimum absolute atomic E-state index is 0.262. The second kappa shape index (κ2) is 9.47. The number of unbranched alkanes of at least 4 members (excludes halogenated alkanes) is 1. The number of rotatable bonds is 6. The Labute approximate surface area is 171 Å². The summed E-state index contributed by atoms with van der Waals surface area (Å²) in [5, 5.41) is 13.7. The largest absolute Gasteiger partial charge is 0.480 e. The molecule has 2 N–H and O–H groups in total. The number of carboxylic acids is 1. The van der Waals surface area contributed by atoms with Crippen molar-refractivity contribution in [1.29, 1.82) is 0 Å². The molecule has 4 aliphatic rings. The summed E-state index contributed by atoms with van der Waals surface area (Å²) in [6.45, 7) is 3.28. The second-order valence-corrected chi connectivity index (χ2v) is 10.3. The number of nitrogens with one attached hydrogen (secondary N) is 1. The van der Waals surface area contributed by atoms with Crippen LogP contribution in [-0.4, -0.2) is 40.8 Å². The number of aliphatic carboxylic acids is 1. The Balaban J connectivity index is 1.49. The quantitative estimate of drug-likeness (QED) is 0.668. The summed E-state index contributed by atoms with van der Waals surface area (Å²) >= 11 is 0. The molecule has 2 heterocycles. The molecule has 6 atom stereocenters. The minimum atomic E-state index is -0.612. The number of hydrogen-bond donors (Lipinski definition) is 2. The maximum absolute atomic E-state index is 11.8. The lowest BCUT2D eigenvalue weighted by Gasteiger charge is -2.52. The molecule has 0 amide bonds. The topological polar surface area (TPSA) is 52.6 Å². The van der Waals surface area contributed by atoms with Crippen molar-refractivity contribution in [2.75, 3.05) is 6.54 Å². The number of piperidine rings is 1. The van der Waals surface area contributed by atoms with Crippen LogP contribution in [0.25, 0.3) is 0 Å². The Morgan fingerprint density at radius 1 is 1.00 bits per heavy atom. The molecule has 160 valence electrons. The van der Waals surface area contributed by atoms with E-state index in [4.69, 9.17) is 0 Å². The van der Waals surface area contributed by atoms with Gasteiger partial charge in [-0.15, -0.1) is 0 Å².